The minimum Gasteiger partial charge on any atom is -0.325 e. The van der Waals surface area contributed by atoms with Gasteiger partial charge in [-0.05, 0) is 34.4 Å². The molecule has 1 fully saturated rings. The first-order valence-corrected chi connectivity index (χ1v) is 12.4. The van der Waals surface area contributed by atoms with E-state index >= 15 is 0 Å². The first-order valence-electron chi connectivity index (χ1n) is 11.3. The van der Waals surface area contributed by atoms with Gasteiger partial charge in [0.2, 0.25) is 17.7 Å². The number of amides is 3. The van der Waals surface area contributed by atoms with Gasteiger partial charge >= 0.3 is 0 Å². The van der Waals surface area contributed by atoms with Crippen molar-refractivity contribution in [3.63, 3.8) is 0 Å². The van der Waals surface area contributed by atoms with Gasteiger partial charge in [-0.15, -0.1) is 23.2 Å². The molecule has 0 radical (unpaired) electrons. The molecule has 0 saturated carbocycles. The number of anilines is 1. The predicted octanol–water partition coefficient (Wildman–Crippen LogP) is 5.26. The monoisotopic (exact) mass is 524 g/mol. The first kappa shape index (κ1) is 22.6. The van der Waals surface area contributed by atoms with E-state index in [0.717, 1.165) is 27.2 Å². The van der Waals surface area contributed by atoms with Crippen molar-refractivity contribution in [3.05, 3.63) is 100 Å². The highest BCUT2D eigenvalue weighted by molar-refractivity contribution is 6.36. The Balaban J connectivity index is 1.36. The maximum Gasteiger partial charge on any atom is 0.235 e. The van der Waals surface area contributed by atoms with Crippen molar-refractivity contribution in [2.45, 2.75) is 16.2 Å². The van der Waals surface area contributed by atoms with Crippen LogP contribution in [0.4, 0.5) is 5.69 Å². The molecule has 0 spiro atoms. The van der Waals surface area contributed by atoms with Crippen LogP contribution in [-0.4, -0.2) is 29.2 Å². The van der Waals surface area contributed by atoms with Crippen LogP contribution >= 0.6 is 34.8 Å². The second kappa shape index (κ2) is 7.82. The number of halogens is 3. The molecule has 3 aromatic carbocycles. The van der Waals surface area contributed by atoms with Crippen LogP contribution in [0.25, 0.3) is 0 Å². The van der Waals surface area contributed by atoms with Crippen molar-refractivity contribution in [1.82, 2.24) is 4.90 Å². The summed E-state index contributed by atoms with van der Waals surface area (Å²) in [5.41, 5.74) is 3.45. The predicted molar refractivity (Wildman–Crippen MR) is 135 cm³/mol. The van der Waals surface area contributed by atoms with Crippen molar-refractivity contribution >= 4 is 58.2 Å². The highest BCUT2D eigenvalue weighted by atomic mass is 35.5. The maximum atomic E-state index is 13.7. The number of nitrogens with one attached hydrogen (secondary N) is 1. The zero-order valence-electron chi connectivity index (χ0n) is 18.3. The minimum absolute atomic E-state index is 0.0758. The van der Waals surface area contributed by atoms with Gasteiger partial charge in [0.05, 0.1) is 22.5 Å². The van der Waals surface area contributed by atoms with Gasteiger partial charge in [0, 0.05) is 13.0 Å². The van der Waals surface area contributed by atoms with E-state index < -0.39 is 33.4 Å². The van der Waals surface area contributed by atoms with Gasteiger partial charge in [0.15, 0.2) is 0 Å². The van der Waals surface area contributed by atoms with E-state index in [0.29, 0.717) is 10.7 Å². The Morgan fingerprint density at radius 2 is 1.20 bits per heavy atom. The zero-order chi connectivity index (χ0) is 24.5. The fourth-order valence-corrected chi connectivity index (χ4v) is 7.21. The molecule has 35 heavy (non-hydrogen) atoms. The third-order valence-corrected chi connectivity index (χ3v) is 9.00. The summed E-state index contributed by atoms with van der Waals surface area (Å²) in [5.74, 6) is -2.91. The van der Waals surface area contributed by atoms with E-state index in [1.54, 1.807) is 24.3 Å². The molecule has 3 aliphatic carbocycles. The van der Waals surface area contributed by atoms with Gasteiger partial charge < -0.3 is 5.32 Å². The second-order valence-electron chi connectivity index (χ2n) is 9.08. The van der Waals surface area contributed by atoms with Gasteiger partial charge in [-0.3, -0.25) is 19.3 Å². The number of carbonyl (C=O) groups excluding carboxylic acids is 3. The molecule has 4 aliphatic rings. The van der Waals surface area contributed by atoms with E-state index in [4.69, 9.17) is 34.8 Å². The highest BCUT2D eigenvalue weighted by Gasteiger charge is 2.72. The average molecular weight is 526 g/mol. The van der Waals surface area contributed by atoms with Crippen LogP contribution in [0.15, 0.2) is 72.8 Å². The summed E-state index contributed by atoms with van der Waals surface area (Å²) in [6.45, 7) is -0.0758. The largest absolute Gasteiger partial charge is 0.325 e. The number of alkyl halides is 2. The molecular weight excluding hydrogens is 507 g/mol. The molecule has 0 aromatic heterocycles. The Morgan fingerprint density at radius 1 is 0.771 bits per heavy atom. The van der Waals surface area contributed by atoms with Gasteiger partial charge in [-0.2, -0.15) is 0 Å². The number of rotatable bonds is 4. The summed E-state index contributed by atoms with van der Waals surface area (Å²) < 4.78 is 0. The normalized spacial score (nSPS) is 27.9. The molecule has 2 bridgehead atoms. The van der Waals surface area contributed by atoms with Gasteiger partial charge in [0.25, 0.3) is 0 Å². The molecule has 1 N–H and O–H groups in total. The molecule has 3 amide bonds. The van der Waals surface area contributed by atoms with E-state index in [1.807, 2.05) is 48.5 Å². The molecule has 176 valence electrons. The Hall–Kier alpha value is -2.86. The summed E-state index contributed by atoms with van der Waals surface area (Å²) in [6.07, 6.45) is -0.0768. The SMILES string of the molecule is O=C(CCN1C(=O)[C@H]2[C@H](C1=O)C1(Cl)c3ccccc3C2(Cl)c2ccccc21)Nc1ccccc1Cl. The number of nitrogens with zero attached hydrogens (tertiary/aromatic N) is 1. The molecule has 2 atom stereocenters. The Morgan fingerprint density at radius 3 is 1.66 bits per heavy atom. The number of imide groups is 1. The van der Waals surface area contributed by atoms with Crippen LogP contribution < -0.4 is 5.32 Å². The molecule has 1 heterocycles. The number of carbonyl (C=O) groups is 3. The van der Waals surface area contributed by atoms with Crippen LogP contribution in [-0.2, 0) is 24.1 Å². The molecular formula is C27H19Cl3N2O3. The zero-order valence-corrected chi connectivity index (χ0v) is 20.6. The van der Waals surface area contributed by atoms with Gasteiger partial charge in [0.1, 0.15) is 9.75 Å². The Bertz CT molecular complexity index is 1300. The van der Waals surface area contributed by atoms with Crippen LogP contribution in [0.3, 0.4) is 0 Å². The Labute approximate surface area is 217 Å². The quantitative estimate of drug-likeness (QED) is 0.373. The van der Waals surface area contributed by atoms with Crippen molar-refractivity contribution in [1.29, 1.82) is 0 Å². The van der Waals surface area contributed by atoms with E-state index in [-0.39, 0.29) is 18.9 Å². The number of hydrogen-bond acceptors (Lipinski definition) is 3. The molecule has 1 aliphatic heterocycles. The molecule has 5 nitrogen and oxygen atoms in total. The van der Waals surface area contributed by atoms with Crippen molar-refractivity contribution in [2.24, 2.45) is 11.8 Å². The maximum absolute atomic E-state index is 13.7. The van der Waals surface area contributed by atoms with Crippen LogP contribution in [0.1, 0.15) is 28.7 Å². The number of para-hydroxylation sites is 1. The van der Waals surface area contributed by atoms with Crippen molar-refractivity contribution in [3.8, 4) is 0 Å². The summed E-state index contributed by atoms with van der Waals surface area (Å²) >= 11 is 20.9. The van der Waals surface area contributed by atoms with Gasteiger partial charge in [-0.25, -0.2) is 0 Å². The van der Waals surface area contributed by atoms with Crippen LogP contribution in [0.5, 0.6) is 0 Å². The molecule has 3 aromatic rings. The van der Waals surface area contributed by atoms with Crippen molar-refractivity contribution < 1.29 is 14.4 Å². The lowest BCUT2D eigenvalue weighted by molar-refractivity contribution is -0.140. The van der Waals surface area contributed by atoms with E-state index in [9.17, 15) is 14.4 Å². The van der Waals surface area contributed by atoms with Crippen molar-refractivity contribution in [2.75, 3.05) is 11.9 Å². The van der Waals surface area contributed by atoms with E-state index in [2.05, 4.69) is 5.32 Å². The highest BCUT2D eigenvalue weighted by Crippen LogP contribution is 2.69. The summed E-state index contributed by atoms with van der Waals surface area (Å²) in [4.78, 5) is 38.8. The smallest absolute Gasteiger partial charge is 0.235 e. The molecule has 7 rings (SSSR count). The summed E-state index contributed by atoms with van der Waals surface area (Å²) in [6, 6.07) is 21.8. The number of hydrogen-bond donors (Lipinski definition) is 1. The van der Waals surface area contributed by atoms with Crippen LogP contribution in [0, 0.1) is 11.8 Å². The lowest BCUT2D eigenvalue weighted by Crippen LogP contribution is -2.57. The lowest BCUT2D eigenvalue weighted by Gasteiger charge is -2.54. The summed E-state index contributed by atoms with van der Waals surface area (Å²) in [5, 5.41) is 3.13. The van der Waals surface area contributed by atoms with Crippen LogP contribution in [0.2, 0.25) is 5.02 Å². The number of likely N-dealkylation sites (tertiary alicyclic amines) is 1. The Kier molecular flexibility index (Phi) is 5.05. The minimum atomic E-state index is -1.23. The average Bonchev–Trinajstić information content (AvgIpc) is 3.13. The molecule has 0 unspecified atom stereocenters. The van der Waals surface area contributed by atoms with Gasteiger partial charge in [-0.1, -0.05) is 72.3 Å². The third kappa shape index (κ3) is 2.92. The standard InChI is InChI=1S/C27H19Cl3N2O3/c28-19-11-5-6-12-20(19)31-21(33)13-14-32-24(34)22-23(25(32)35)27(30)16-8-2-1-7-15(16)26(22,29)17-9-3-4-10-18(17)27/h1-12,22-23H,13-14H2,(H,31,33)/t22-,23-,26?,27?/m1/s1. The third-order valence-electron chi connectivity index (χ3n) is 7.39. The van der Waals surface area contributed by atoms with E-state index in [1.165, 1.54) is 0 Å². The fourth-order valence-electron chi connectivity index (χ4n) is 5.93. The molecule has 1 saturated heterocycles. The second-order valence-corrected chi connectivity index (χ2v) is 10.7. The first-order chi connectivity index (χ1) is 16.8. The number of benzene rings is 3. The molecule has 8 heteroatoms. The lowest BCUT2D eigenvalue weighted by atomic mass is 9.54. The summed E-state index contributed by atoms with van der Waals surface area (Å²) in [7, 11) is 0. The fraction of sp³-hybridized carbons (Fsp3) is 0.222. The topological polar surface area (TPSA) is 66.5 Å².